The topological polar surface area (TPSA) is 217 Å². The van der Waals surface area contributed by atoms with Gasteiger partial charge in [-0.25, -0.2) is 8.42 Å². The first-order valence-electron chi connectivity index (χ1n) is 9.31. The Morgan fingerprint density at radius 2 is 1.79 bits per heavy atom. The molecule has 0 fully saturated rings. The molecule has 33 heavy (non-hydrogen) atoms. The number of benzene rings is 2. The number of nitrogens with two attached hydrogens (primary N) is 1. The molecule has 176 valence electrons. The minimum absolute atomic E-state index is 0.0717. The third-order valence-corrected chi connectivity index (χ3v) is 4.41. The van der Waals surface area contributed by atoms with Gasteiger partial charge in [0.15, 0.2) is 0 Å². The third-order valence-electron chi connectivity index (χ3n) is 4.41. The van der Waals surface area contributed by atoms with Gasteiger partial charge in [0.25, 0.3) is 5.69 Å². The van der Waals surface area contributed by atoms with Crippen LogP contribution < -0.4 is 11.2 Å². The highest BCUT2D eigenvalue weighted by Crippen LogP contribution is 2.29. The first-order valence-corrected chi connectivity index (χ1v) is 10.7. The van der Waals surface area contributed by atoms with Crippen LogP contribution >= 0.6 is 0 Å². The quantitative estimate of drug-likeness (QED) is 0.129. The van der Waals surface area contributed by atoms with Gasteiger partial charge in [-0.3, -0.25) is 40.5 Å². The first-order chi connectivity index (χ1) is 15.5. The number of nitrogens with one attached hydrogen (secondary N) is 1. The number of rotatable bonds is 7. The van der Waals surface area contributed by atoms with Gasteiger partial charge in [-0.05, 0) is 12.5 Å². The van der Waals surface area contributed by atoms with E-state index in [0.717, 1.165) is 36.9 Å². The molecule has 15 heteroatoms. The zero-order valence-electron chi connectivity index (χ0n) is 17.0. The summed E-state index contributed by atoms with van der Waals surface area (Å²) in [6.45, 7) is 1.26. The number of nitro benzene ring substituents is 2. The maximum atomic E-state index is 11.3. The summed E-state index contributed by atoms with van der Waals surface area (Å²) in [5.41, 5.74) is 9.52. The molecule has 0 spiro atoms. The third kappa shape index (κ3) is 8.24. The van der Waals surface area contributed by atoms with Crippen molar-refractivity contribution in [2.75, 3.05) is 18.5 Å². The largest absolute Gasteiger partial charge is 0.726 e. The zero-order valence-corrected chi connectivity index (χ0v) is 17.8. The summed E-state index contributed by atoms with van der Waals surface area (Å²) < 4.78 is 34.8. The van der Waals surface area contributed by atoms with Crippen LogP contribution in [0.4, 0.5) is 17.1 Å². The summed E-state index contributed by atoms with van der Waals surface area (Å²) in [6, 6.07) is 12.8. The molecule has 14 nitrogen and oxygen atoms in total. The Hall–Kier alpha value is -3.95. The van der Waals surface area contributed by atoms with Crippen molar-refractivity contribution in [1.82, 2.24) is 0 Å². The van der Waals surface area contributed by atoms with Gasteiger partial charge in [0.2, 0.25) is 16.2 Å². The van der Waals surface area contributed by atoms with Crippen molar-refractivity contribution >= 4 is 39.0 Å². The van der Waals surface area contributed by atoms with Crippen LogP contribution in [0.15, 0.2) is 53.6 Å². The van der Waals surface area contributed by atoms with Gasteiger partial charge in [0, 0.05) is 11.6 Å². The predicted octanol–water partition coefficient (Wildman–Crippen LogP) is 1.49. The minimum Gasteiger partial charge on any atom is -0.726 e. The Labute approximate surface area is 187 Å². The number of anilines is 1. The monoisotopic (exact) mass is 480 g/mol. The van der Waals surface area contributed by atoms with Gasteiger partial charge >= 0.3 is 5.69 Å². The van der Waals surface area contributed by atoms with Crippen LogP contribution in [0.1, 0.15) is 18.4 Å². The zero-order chi connectivity index (χ0) is 24.6. The summed E-state index contributed by atoms with van der Waals surface area (Å²) in [5, 5.41) is 26.5. The summed E-state index contributed by atoms with van der Waals surface area (Å²) in [6.07, 6.45) is 1.79. The van der Waals surface area contributed by atoms with Gasteiger partial charge < -0.3 is 4.55 Å². The van der Waals surface area contributed by atoms with Crippen molar-refractivity contribution in [2.45, 2.75) is 12.8 Å². The van der Waals surface area contributed by atoms with Gasteiger partial charge in [0.1, 0.15) is 17.9 Å². The van der Waals surface area contributed by atoms with Gasteiger partial charge in [-0.15, -0.1) is 0 Å². The Bertz CT molecular complexity index is 1190. The van der Waals surface area contributed by atoms with Crippen molar-refractivity contribution in [3.05, 3.63) is 74.3 Å². The molecule has 0 saturated carbocycles. The van der Waals surface area contributed by atoms with E-state index < -0.39 is 25.9 Å². The van der Waals surface area contributed by atoms with E-state index in [4.69, 9.17) is 23.3 Å². The summed E-state index contributed by atoms with van der Waals surface area (Å²) in [7, 11) is -4.92. The van der Waals surface area contributed by atoms with E-state index in [1.165, 1.54) is 12.1 Å². The lowest BCUT2D eigenvalue weighted by Gasteiger charge is -2.09. The molecule has 0 aromatic heterocycles. The molecule has 1 heterocycles. The van der Waals surface area contributed by atoms with Gasteiger partial charge in [-0.2, -0.15) is 5.10 Å². The lowest BCUT2D eigenvalue weighted by Crippen LogP contribution is -2.28. The second kappa shape index (κ2) is 11.1. The fraction of sp³-hybridized carbons (Fsp3) is 0.222. The van der Waals surface area contributed by atoms with Crippen molar-refractivity contribution < 1.29 is 31.9 Å². The Balaban J connectivity index is 0.000000696. The van der Waals surface area contributed by atoms with E-state index >= 15 is 0 Å². The summed E-state index contributed by atoms with van der Waals surface area (Å²) in [5.74, 6) is 0.782. The van der Waals surface area contributed by atoms with E-state index in [1.54, 1.807) is 0 Å². The molecule has 2 aromatic rings. The number of nitro groups is 2. The average molecular weight is 480 g/mol. The van der Waals surface area contributed by atoms with Crippen molar-refractivity contribution in [3.8, 4) is 0 Å². The van der Waals surface area contributed by atoms with Crippen LogP contribution in [0.2, 0.25) is 0 Å². The van der Waals surface area contributed by atoms with Crippen molar-refractivity contribution in [1.29, 1.82) is 0 Å². The Morgan fingerprint density at radius 1 is 1.15 bits per heavy atom. The smallest absolute Gasteiger partial charge is 0.301 e. The molecule has 0 amide bonds. The van der Waals surface area contributed by atoms with Crippen LogP contribution in [0.25, 0.3) is 0 Å². The number of hydrazone groups is 1. The van der Waals surface area contributed by atoms with Crippen LogP contribution in [0.3, 0.4) is 0 Å². The lowest BCUT2D eigenvalue weighted by molar-refractivity contribution is -0.505. The molecule has 0 radical (unpaired) electrons. The molecular weight excluding hydrogens is 460 g/mol. The number of nitrogens with zero attached hydrogens (tertiary/aromatic N) is 4. The predicted molar refractivity (Wildman–Crippen MR) is 117 cm³/mol. The van der Waals surface area contributed by atoms with Crippen LogP contribution in [-0.4, -0.2) is 56.6 Å². The van der Waals surface area contributed by atoms with Crippen molar-refractivity contribution in [3.63, 3.8) is 0 Å². The molecule has 0 atom stereocenters. The molecule has 0 saturated heterocycles. The maximum Gasteiger partial charge on any atom is 0.301 e. The standard InChI is InChI=1S/C18H18N6O4.H2O4S/c19-18-7-4-10-22(18)12-16(13-5-2-1-3-6-13)21-20-15-9-8-14(23(25)26)11-17(15)24(27)28;1-5(2,3)4/h1-3,5-6,8-9,11,19-20H,4,7,10,12H2;(H2,1,2,3,4)/b21-16-;. The molecule has 0 unspecified atom stereocenters. The van der Waals surface area contributed by atoms with Crippen LogP contribution in [0.5, 0.6) is 0 Å². The highest BCUT2D eigenvalue weighted by atomic mass is 32.3. The first kappa shape index (κ1) is 25.3. The molecule has 2 aromatic carbocycles. The summed E-state index contributed by atoms with van der Waals surface area (Å²) >= 11 is 0. The second-order valence-electron chi connectivity index (χ2n) is 6.70. The second-order valence-corrected chi connectivity index (χ2v) is 7.55. The molecular formula is C18H20N6O8S. The molecule has 3 rings (SSSR count). The number of hydrogen-bond donors (Lipinski definition) is 3. The highest BCUT2D eigenvalue weighted by molar-refractivity contribution is 7.79. The fourth-order valence-corrected chi connectivity index (χ4v) is 2.94. The molecule has 1 aliphatic rings. The van der Waals surface area contributed by atoms with E-state index in [9.17, 15) is 20.2 Å². The molecule has 1 aliphatic heterocycles. The summed E-state index contributed by atoms with van der Waals surface area (Å²) in [4.78, 5) is 20.8. The molecule has 0 aliphatic carbocycles. The van der Waals surface area contributed by atoms with Gasteiger partial charge in [-0.1, -0.05) is 30.3 Å². The van der Waals surface area contributed by atoms with E-state index in [0.29, 0.717) is 12.3 Å². The maximum absolute atomic E-state index is 11.3. The fourth-order valence-electron chi connectivity index (χ4n) is 2.94. The van der Waals surface area contributed by atoms with Crippen LogP contribution in [0, 0.1) is 20.2 Å². The minimum atomic E-state index is -4.92. The van der Waals surface area contributed by atoms with E-state index in [1.807, 2.05) is 34.9 Å². The SMILES string of the molecule is NC1=[N+](C/C(=N/Nc2ccc([N+](=O)[O-])cc2[N+](=O)[O-])c2ccccc2)CCC1.O=S(=O)([O-])O. The number of amidine groups is 1. The lowest BCUT2D eigenvalue weighted by atomic mass is 10.1. The Kier molecular flexibility index (Phi) is 8.49. The number of hydrogen-bond acceptors (Lipinski definition) is 10. The number of non-ortho nitro benzene ring substituents is 1. The Morgan fingerprint density at radius 3 is 2.30 bits per heavy atom. The molecule has 4 N–H and O–H groups in total. The average Bonchev–Trinajstić information content (AvgIpc) is 3.14. The van der Waals surface area contributed by atoms with Gasteiger partial charge in [0.05, 0.1) is 28.9 Å². The van der Waals surface area contributed by atoms with E-state index in [2.05, 4.69) is 10.5 Å². The van der Waals surface area contributed by atoms with Crippen LogP contribution in [-0.2, 0) is 10.4 Å². The van der Waals surface area contributed by atoms with E-state index in [-0.39, 0.29) is 11.4 Å². The normalized spacial score (nSPS) is 13.8. The van der Waals surface area contributed by atoms with Crippen molar-refractivity contribution in [2.24, 2.45) is 10.8 Å². The molecule has 0 bridgehead atoms. The highest BCUT2D eigenvalue weighted by Gasteiger charge is 2.21.